The molecule has 0 fully saturated rings. The van der Waals surface area contributed by atoms with E-state index >= 15 is 0 Å². The monoisotopic (exact) mass is 336 g/mol. The predicted molar refractivity (Wildman–Crippen MR) is 79.7 cm³/mol. The maximum atomic E-state index is 11.9. The highest BCUT2D eigenvalue weighted by Gasteiger charge is 2.24. The first-order valence-electron chi connectivity index (χ1n) is 6.30. The summed E-state index contributed by atoms with van der Waals surface area (Å²) in [5, 5.41) is 9.97. The number of carbonyl (C=O) groups excluding carboxylic acids is 1. The maximum Gasteiger partial charge on any atom is 0.269 e. The quantitative estimate of drug-likeness (QED) is 0.564. The first-order chi connectivity index (χ1) is 9.66. The third kappa shape index (κ3) is 5.65. The summed E-state index contributed by atoms with van der Waals surface area (Å²) in [6, 6.07) is 0. The smallest absolute Gasteiger partial charge is 0.269 e. The van der Waals surface area contributed by atoms with Gasteiger partial charge in [0.2, 0.25) is 15.4 Å². The lowest BCUT2D eigenvalue weighted by molar-refractivity contribution is -0.123. The molecule has 1 amide bonds. The van der Waals surface area contributed by atoms with Gasteiger partial charge in [-0.05, 0) is 6.42 Å². The van der Waals surface area contributed by atoms with Crippen LogP contribution < -0.4 is 10.0 Å². The molecular weight excluding hydrogens is 316 g/mol. The van der Waals surface area contributed by atoms with E-state index in [-0.39, 0.29) is 21.9 Å². The number of hydrogen-bond acceptors (Lipinski definition) is 7. The number of hydrogen-bond donors (Lipinski definition) is 2. The van der Waals surface area contributed by atoms with Crippen molar-refractivity contribution in [3.63, 3.8) is 0 Å². The molecular formula is C11H20N4O4S2. The van der Waals surface area contributed by atoms with E-state index < -0.39 is 15.4 Å². The van der Waals surface area contributed by atoms with Gasteiger partial charge in [-0.2, -0.15) is 0 Å². The highest BCUT2D eigenvalue weighted by Crippen LogP contribution is 2.22. The van der Waals surface area contributed by atoms with Gasteiger partial charge in [0.05, 0.1) is 0 Å². The molecule has 0 atom stereocenters. The van der Waals surface area contributed by atoms with Crippen molar-refractivity contribution in [3.8, 4) is 0 Å². The van der Waals surface area contributed by atoms with Crippen molar-refractivity contribution in [2.45, 2.75) is 31.5 Å². The minimum atomic E-state index is -3.70. The Kier molecular flexibility index (Phi) is 6.20. The zero-order valence-electron chi connectivity index (χ0n) is 12.5. The topological polar surface area (TPSA) is 110 Å². The molecule has 2 N–H and O–H groups in total. The van der Waals surface area contributed by atoms with Gasteiger partial charge >= 0.3 is 0 Å². The highest BCUT2D eigenvalue weighted by molar-refractivity contribution is 7.91. The van der Waals surface area contributed by atoms with Crippen molar-refractivity contribution in [1.29, 1.82) is 0 Å². The van der Waals surface area contributed by atoms with E-state index in [0.29, 0.717) is 13.0 Å². The Morgan fingerprint density at radius 1 is 1.33 bits per heavy atom. The summed E-state index contributed by atoms with van der Waals surface area (Å²) in [5.74, 6) is -0.254. The van der Waals surface area contributed by atoms with E-state index in [1.807, 2.05) is 0 Å². The van der Waals surface area contributed by atoms with Gasteiger partial charge in [0.1, 0.15) is 0 Å². The van der Waals surface area contributed by atoms with Crippen molar-refractivity contribution in [2.24, 2.45) is 5.41 Å². The molecule has 1 heterocycles. The maximum absolute atomic E-state index is 11.9. The number of sulfonamides is 1. The summed E-state index contributed by atoms with van der Waals surface area (Å²) in [4.78, 5) is 11.8. The average Bonchev–Trinajstić information content (AvgIpc) is 2.83. The summed E-state index contributed by atoms with van der Waals surface area (Å²) < 4.78 is 30.9. The Labute approximate surface area is 128 Å². The first kappa shape index (κ1) is 18.0. The number of nitrogens with one attached hydrogen (secondary N) is 2. The van der Waals surface area contributed by atoms with Gasteiger partial charge in [-0.3, -0.25) is 4.79 Å². The first-order valence-corrected chi connectivity index (χ1v) is 8.60. The molecule has 1 rings (SSSR count). The van der Waals surface area contributed by atoms with Crippen LogP contribution in [0, 0.1) is 5.41 Å². The van der Waals surface area contributed by atoms with Crippen LogP contribution in [0.15, 0.2) is 4.34 Å². The zero-order valence-corrected chi connectivity index (χ0v) is 14.1. The van der Waals surface area contributed by atoms with Crippen LogP contribution in [0.25, 0.3) is 0 Å². The molecule has 1 aromatic rings. The predicted octanol–water partition coefficient (Wildman–Crippen LogP) is 0.838. The summed E-state index contributed by atoms with van der Waals surface area (Å²) in [6.45, 7) is 5.96. The SMILES string of the molecule is COCCCNS(=O)(=O)c1nnc(NC(=O)C(C)(C)C)s1. The summed E-state index contributed by atoms with van der Waals surface area (Å²) in [6.07, 6.45) is 0.558. The molecule has 0 aliphatic carbocycles. The molecule has 0 unspecified atom stereocenters. The van der Waals surface area contributed by atoms with E-state index in [1.54, 1.807) is 27.9 Å². The average molecular weight is 336 g/mol. The van der Waals surface area contributed by atoms with Gasteiger partial charge < -0.3 is 10.1 Å². The number of amides is 1. The van der Waals surface area contributed by atoms with Gasteiger partial charge in [0, 0.05) is 25.7 Å². The largest absolute Gasteiger partial charge is 0.385 e. The van der Waals surface area contributed by atoms with Gasteiger partial charge in [0.25, 0.3) is 10.0 Å². The lowest BCUT2D eigenvalue weighted by atomic mass is 9.96. The second-order valence-electron chi connectivity index (χ2n) is 5.32. The fourth-order valence-corrected chi connectivity index (χ4v) is 3.15. The number of aromatic nitrogens is 2. The molecule has 21 heavy (non-hydrogen) atoms. The summed E-state index contributed by atoms with van der Waals surface area (Å²) in [5.41, 5.74) is -0.594. The minimum Gasteiger partial charge on any atom is -0.385 e. The van der Waals surface area contributed by atoms with Crippen LogP contribution in [0.5, 0.6) is 0 Å². The summed E-state index contributed by atoms with van der Waals surface area (Å²) in [7, 11) is -2.16. The molecule has 0 saturated heterocycles. The third-order valence-electron chi connectivity index (χ3n) is 2.36. The Balaban J connectivity index is 2.67. The Bertz CT molecular complexity index is 577. The second-order valence-corrected chi connectivity index (χ2v) is 8.24. The van der Waals surface area contributed by atoms with Crippen molar-refractivity contribution in [3.05, 3.63) is 0 Å². The van der Waals surface area contributed by atoms with Crippen LogP contribution >= 0.6 is 11.3 Å². The van der Waals surface area contributed by atoms with E-state index in [9.17, 15) is 13.2 Å². The number of ether oxygens (including phenoxy) is 1. The second kappa shape index (κ2) is 7.25. The van der Waals surface area contributed by atoms with Crippen LogP contribution in [0.4, 0.5) is 5.13 Å². The molecule has 0 aliphatic rings. The Hall–Kier alpha value is -1.10. The lowest BCUT2D eigenvalue weighted by Crippen LogP contribution is -2.27. The standard InChI is InChI=1S/C11H20N4O4S2/c1-11(2,3)8(16)13-9-14-15-10(20-9)21(17,18)12-6-5-7-19-4/h12H,5-7H2,1-4H3,(H,13,14,16). The minimum absolute atomic E-state index is 0.159. The van der Waals surface area contributed by atoms with Crippen molar-refractivity contribution < 1.29 is 17.9 Å². The highest BCUT2D eigenvalue weighted by atomic mass is 32.2. The van der Waals surface area contributed by atoms with Crippen LogP contribution in [0.3, 0.4) is 0 Å². The number of anilines is 1. The zero-order chi connectivity index (χ0) is 16.1. The number of methoxy groups -OCH3 is 1. The molecule has 0 spiro atoms. The Morgan fingerprint density at radius 2 is 2.00 bits per heavy atom. The van der Waals surface area contributed by atoms with Crippen LogP contribution in [-0.2, 0) is 19.6 Å². The molecule has 0 radical (unpaired) electrons. The molecule has 8 nitrogen and oxygen atoms in total. The number of rotatable bonds is 7. The fourth-order valence-electron chi connectivity index (χ4n) is 1.14. The van der Waals surface area contributed by atoms with Crippen molar-refractivity contribution in [1.82, 2.24) is 14.9 Å². The van der Waals surface area contributed by atoms with Crippen LogP contribution in [0.1, 0.15) is 27.2 Å². The van der Waals surface area contributed by atoms with E-state index in [2.05, 4.69) is 20.2 Å². The normalized spacial score (nSPS) is 12.4. The third-order valence-corrected chi connectivity index (χ3v) is 5.02. The molecule has 0 bridgehead atoms. The lowest BCUT2D eigenvalue weighted by Gasteiger charge is -2.15. The van der Waals surface area contributed by atoms with Gasteiger partial charge in [0.15, 0.2) is 0 Å². The van der Waals surface area contributed by atoms with Gasteiger partial charge in [-0.1, -0.05) is 32.1 Å². The molecule has 1 aromatic heterocycles. The Morgan fingerprint density at radius 3 is 2.57 bits per heavy atom. The van der Waals surface area contributed by atoms with Gasteiger partial charge in [-0.25, -0.2) is 13.1 Å². The number of carbonyl (C=O) groups is 1. The molecule has 0 aliphatic heterocycles. The number of nitrogens with zero attached hydrogens (tertiary/aromatic N) is 2. The molecule has 10 heteroatoms. The van der Waals surface area contributed by atoms with Crippen molar-refractivity contribution >= 4 is 32.4 Å². The molecule has 0 aromatic carbocycles. The molecule has 0 saturated carbocycles. The molecule has 120 valence electrons. The van der Waals surface area contributed by atoms with Gasteiger partial charge in [-0.15, -0.1) is 10.2 Å². The fraction of sp³-hybridized carbons (Fsp3) is 0.727. The van der Waals surface area contributed by atoms with E-state index in [0.717, 1.165) is 11.3 Å². The van der Waals surface area contributed by atoms with Crippen LogP contribution in [-0.4, -0.2) is 44.8 Å². The van der Waals surface area contributed by atoms with E-state index in [1.165, 1.54) is 0 Å². The van der Waals surface area contributed by atoms with Crippen LogP contribution in [0.2, 0.25) is 0 Å². The van der Waals surface area contributed by atoms with E-state index in [4.69, 9.17) is 4.74 Å². The summed E-state index contributed by atoms with van der Waals surface area (Å²) >= 11 is 0.812. The van der Waals surface area contributed by atoms with Crippen molar-refractivity contribution in [2.75, 3.05) is 25.6 Å².